The smallest absolute Gasteiger partial charge is 0.247 e. The molecule has 0 unspecified atom stereocenters. The minimum atomic E-state index is -3.73. The van der Waals surface area contributed by atoms with E-state index in [9.17, 15) is 13.2 Å². The lowest BCUT2D eigenvalue weighted by Crippen LogP contribution is -2.50. The van der Waals surface area contributed by atoms with Crippen molar-refractivity contribution in [3.8, 4) is 11.5 Å². The zero-order valence-corrected chi connectivity index (χ0v) is 15.8. The van der Waals surface area contributed by atoms with E-state index in [1.807, 2.05) is 13.8 Å². The van der Waals surface area contributed by atoms with Crippen LogP contribution in [0.3, 0.4) is 0 Å². The van der Waals surface area contributed by atoms with Gasteiger partial charge in [0, 0.05) is 38.3 Å². The standard InChI is InChI=1S/C17H24N2O5S/c1-13(2)11-17(20)18-7-9-19(10-8-18)25(21,22)16-12-14(23-3)5-6-15(16)24-4/h5-6,11-12H,7-10H2,1-4H3. The number of sulfonamides is 1. The highest BCUT2D eigenvalue weighted by Gasteiger charge is 2.32. The molecule has 2 rings (SSSR count). The van der Waals surface area contributed by atoms with Gasteiger partial charge in [0.2, 0.25) is 15.9 Å². The van der Waals surface area contributed by atoms with Crippen LogP contribution in [0.25, 0.3) is 0 Å². The molecule has 0 bridgehead atoms. The number of amides is 1. The maximum Gasteiger partial charge on any atom is 0.247 e. The summed E-state index contributed by atoms with van der Waals surface area (Å²) in [6, 6.07) is 4.67. The topological polar surface area (TPSA) is 76.2 Å². The zero-order valence-electron chi connectivity index (χ0n) is 15.0. The van der Waals surface area contributed by atoms with Crippen molar-refractivity contribution in [1.29, 1.82) is 0 Å². The summed E-state index contributed by atoms with van der Waals surface area (Å²) in [5.41, 5.74) is 0.918. The van der Waals surface area contributed by atoms with Crippen LogP contribution in [0.15, 0.2) is 34.7 Å². The van der Waals surface area contributed by atoms with Gasteiger partial charge in [0.25, 0.3) is 0 Å². The van der Waals surface area contributed by atoms with Crippen molar-refractivity contribution in [3.63, 3.8) is 0 Å². The maximum absolute atomic E-state index is 13.0. The molecule has 0 aliphatic carbocycles. The summed E-state index contributed by atoms with van der Waals surface area (Å²) in [7, 11) is -0.829. The first kappa shape index (κ1) is 19.3. The molecule has 1 aromatic rings. The number of benzene rings is 1. The Hall–Kier alpha value is -2.06. The highest BCUT2D eigenvalue weighted by atomic mass is 32.2. The Labute approximate surface area is 148 Å². The van der Waals surface area contributed by atoms with Gasteiger partial charge in [0.15, 0.2) is 0 Å². The molecule has 0 aromatic heterocycles. The van der Waals surface area contributed by atoms with Gasteiger partial charge in [-0.05, 0) is 26.0 Å². The highest BCUT2D eigenvalue weighted by molar-refractivity contribution is 7.89. The summed E-state index contributed by atoms with van der Waals surface area (Å²) in [6.45, 7) is 4.90. The van der Waals surface area contributed by atoms with E-state index >= 15 is 0 Å². The van der Waals surface area contributed by atoms with Crippen molar-refractivity contribution in [2.24, 2.45) is 0 Å². The fraction of sp³-hybridized carbons (Fsp3) is 0.471. The molecule has 0 spiro atoms. The first-order chi connectivity index (χ1) is 11.8. The fourth-order valence-electron chi connectivity index (χ4n) is 2.61. The van der Waals surface area contributed by atoms with Crippen molar-refractivity contribution < 1.29 is 22.7 Å². The summed E-state index contributed by atoms with van der Waals surface area (Å²) in [5.74, 6) is 0.622. The number of nitrogens with zero attached hydrogens (tertiary/aromatic N) is 2. The number of allylic oxidation sites excluding steroid dienone is 1. The third-order valence-corrected chi connectivity index (χ3v) is 5.87. The van der Waals surface area contributed by atoms with E-state index in [0.29, 0.717) is 18.8 Å². The minimum Gasteiger partial charge on any atom is -0.497 e. The third-order valence-electron chi connectivity index (χ3n) is 3.95. The van der Waals surface area contributed by atoms with Crippen molar-refractivity contribution in [2.75, 3.05) is 40.4 Å². The van der Waals surface area contributed by atoms with Gasteiger partial charge in [0.05, 0.1) is 14.2 Å². The van der Waals surface area contributed by atoms with Crippen LogP contribution in [0.4, 0.5) is 0 Å². The van der Waals surface area contributed by atoms with Gasteiger partial charge in [-0.2, -0.15) is 4.31 Å². The number of hydrogen-bond donors (Lipinski definition) is 0. The van der Waals surface area contributed by atoms with Crippen molar-refractivity contribution in [1.82, 2.24) is 9.21 Å². The molecular weight excluding hydrogens is 344 g/mol. The van der Waals surface area contributed by atoms with E-state index in [4.69, 9.17) is 9.47 Å². The first-order valence-electron chi connectivity index (χ1n) is 7.95. The molecule has 1 aromatic carbocycles. The predicted molar refractivity (Wildman–Crippen MR) is 94.3 cm³/mol. The van der Waals surface area contributed by atoms with Gasteiger partial charge in [-0.25, -0.2) is 8.42 Å². The lowest BCUT2D eigenvalue weighted by Gasteiger charge is -2.33. The van der Waals surface area contributed by atoms with E-state index in [-0.39, 0.29) is 29.6 Å². The Morgan fingerprint density at radius 1 is 1.08 bits per heavy atom. The summed E-state index contributed by atoms with van der Waals surface area (Å²) in [5, 5.41) is 0. The summed E-state index contributed by atoms with van der Waals surface area (Å²) in [6.07, 6.45) is 1.56. The average molecular weight is 368 g/mol. The number of piperazine rings is 1. The van der Waals surface area contributed by atoms with E-state index in [1.54, 1.807) is 23.1 Å². The molecule has 138 valence electrons. The Morgan fingerprint density at radius 3 is 2.24 bits per heavy atom. The molecule has 0 N–H and O–H groups in total. The van der Waals surface area contributed by atoms with E-state index in [0.717, 1.165) is 5.57 Å². The minimum absolute atomic E-state index is 0.0680. The van der Waals surface area contributed by atoms with Crippen molar-refractivity contribution in [2.45, 2.75) is 18.7 Å². The van der Waals surface area contributed by atoms with Crippen LogP contribution in [-0.4, -0.2) is 63.9 Å². The molecular formula is C17H24N2O5S. The fourth-order valence-corrected chi connectivity index (χ4v) is 4.20. The van der Waals surface area contributed by atoms with Crippen LogP contribution < -0.4 is 9.47 Å². The van der Waals surface area contributed by atoms with Gasteiger partial charge in [-0.15, -0.1) is 0 Å². The maximum atomic E-state index is 13.0. The van der Waals surface area contributed by atoms with Crippen LogP contribution in [0.1, 0.15) is 13.8 Å². The molecule has 7 nitrogen and oxygen atoms in total. The Kier molecular flexibility index (Phi) is 6.07. The molecule has 25 heavy (non-hydrogen) atoms. The van der Waals surface area contributed by atoms with Gasteiger partial charge in [-0.3, -0.25) is 4.79 Å². The van der Waals surface area contributed by atoms with Crippen LogP contribution in [0, 0.1) is 0 Å². The Bertz CT molecular complexity index is 761. The van der Waals surface area contributed by atoms with Gasteiger partial charge < -0.3 is 14.4 Å². The van der Waals surface area contributed by atoms with E-state index in [1.165, 1.54) is 24.6 Å². The number of carbonyl (C=O) groups is 1. The van der Waals surface area contributed by atoms with E-state index in [2.05, 4.69) is 0 Å². The van der Waals surface area contributed by atoms with Gasteiger partial charge >= 0.3 is 0 Å². The van der Waals surface area contributed by atoms with E-state index < -0.39 is 10.0 Å². The number of ether oxygens (including phenoxy) is 2. The largest absolute Gasteiger partial charge is 0.497 e. The van der Waals surface area contributed by atoms with Crippen LogP contribution in [0.2, 0.25) is 0 Å². The van der Waals surface area contributed by atoms with Crippen LogP contribution in [0.5, 0.6) is 11.5 Å². The summed E-state index contributed by atoms with van der Waals surface area (Å²) in [4.78, 5) is 13.8. The highest BCUT2D eigenvalue weighted by Crippen LogP contribution is 2.31. The SMILES string of the molecule is COc1ccc(OC)c(S(=O)(=O)N2CCN(C(=O)C=C(C)C)CC2)c1. The lowest BCUT2D eigenvalue weighted by atomic mass is 10.3. The third kappa shape index (κ3) is 4.32. The van der Waals surface area contributed by atoms with Crippen LogP contribution in [-0.2, 0) is 14.8 Å². The molecule has 1 aliphatic rings. The second kappa shape index (κ2) is 7.88. The number of hydrogen-bond acceptors (Lipinski definition) is 5. The lowest BCUT2D eigenvalue weighted by molar-refractivity contribution is -0.127. The van der Waals surface area contributed by atoms with Gasteiger partial charge in [-0.1, -0.05) is 5.57 Å². The molecule has 8 heteroatoms. The number of methoxy groups -OCH3 is 2. The molecule has 1 saturated heterocycles. The van der Waals surface area contributed by atoms with Crippen molar-refractivity contribution >= 4 is 15.9 Å². The molecule has 0 radical (unpaired) electrons. The summed E-state index contributed by atoms with van der Waals surface area (Å²) < 4.78 is 37.6. The molecule has 1 fully saturated rings. The Balaban J connectivity index is 2.20. The Morgan fingerprint density at radius 2 is 1.72 bits per heavy atom. The molecule has 0 saturated carbocycles. The quantitative estimate of drug-likeness (QED) is 0.736. The first-order valence-corrected chi connectivity index (χ1v) is 9.39. The van der Waals surface area contributed by atoms with Crippen LogP contribution >= 0.6 is 0 Å². The molecule has 1 amide bonds. The number of rotatable bonds is 5. The second-order valence-electron chi connectivity index (χ2n) is 5.97. The molecule has 1 aliphatic heterocycles. The second-order valence-corrected chi connectivity index (χ2v) is 7.87. The summed E-state index contributed by atoms with van der Waals surface area (Å²) >= 11 is 0. The monoisotopic (exact) mass is 368 g/mol. The zero-order chi connectivity index (χ0) is 18.6. The molecule has 0 atom stereocenters. The van der Waals surface area contributed by atoms with Gasteiger partial charge in [0.1, 0.15) is 16.4 Å². The number of carbonyl (C=O) groups excluding carboxylic acids is 1. The van der Waals surface area contributed by atoms with Crippen molar-refractivity contribution in [3.05, 3.63) is 29.8 Å². The normalized spacial score (nSPS) is 15.6. The molecule has 1 heterocycles. The predicted octanol–water partition coefficient (Wildman–Crippen LogP) is 1.50. The average Bonchev–Trinajstić information content (AvgIpc) is 2.60.